The highest BCUT2D eigenvalue weighted by Gasteiger charge is 2.38. The van der Waals surface area contributed by atoms with Crippen molar-refractivity contribution in [1.29, 1.82) is 0 Å². The van der Waals surface area contributed by atoms with Gasteiger partial charge in [0.2, 0.25) is 0 Å². The Morgan fingerprint density at radius 1 is 1.07 bits per heavy atom. The van der Waals surface area contributed by atoms with Gasteiger partial charge in [0, 0.05) is 63.3 Å². The minimum atomic E-state index is -4.53. The molecule has 0 spiro atoms. The topological polar surface area (TPSA) is 106 Å². The number of ether oxygens (including phenoxy) is 2. The minimum absolute atomic E-state index is 0.101. The fraction of sp³-hybridized carbons (Fsp3) is 0.552. The molecule has 2 aromatic heterocycles. The second-order valence-electron chi connectivity index (χ2n) is 11.0. The standard InChI is InChI=1S/C29H37F3N8O3/c1-2-25(41)38-9-11-39(12-10-38)27-20-6-8-40(26-21-18-33-36-23(21)5-4-22(26)29(30,31)32)19-24(20)34-28(35-27)43-15-3-7-37-13-16-42-17-14-37/h2,4-5,18,25,41H,1,3,6-17,19H2,(H,33,36). The number of piperazine rings is 1. The van der Waals surface area contributed by atoms with Crippen molar-refractivity contribution in [3.8, 4) is 6.01 Å². The summed E-state index contributed by atoms with van der Waals surface area (Å²) in [4.78, 5) is 17.7. The molecule has 3 aliphatic rings. The molecule has 6 rings (SSSR count). The van der Waals surface area contributed by atoms with Gasteiger partial charge in [0.05, 0.1) is 55.0 Å². The van der Waals surface area contributed by atoms with E-state index in [1.54, 1.807) is 4.90 Å². The number of nitrogens with one attached hydrogen (secondary N) is 1. The van der Waals surface area contributed by atoms with Crippen LogP contribution in [-0.4, -0.2) is 113 Å². The SMILES string of the molecule is C=CC(O)N1CCN(c2nc(OCCCN3CCOCC3)nc3c2CCN(c2c(C(F)(F)F)ccc4[nH]ncc24)C3)CC1. The molecule has 0 amide bonds. The van der Waals surface area contributed by atoms with Crippen LogP contribution in [0.4, 0.5) is 24.7 Å². The molecule has 2 fully saturated rings. The van der Waals surface area contributed by atoms with Crippen LogP contribution in [0.25, 0.3) is 10.9 Å². The molecule has 11 nitrogen and oxygen atoms in total. The van der Waals surface area contributed by atoms with Crippen LogP contribution in [0, 0.1) is 0 Å². The minimum Gasteiger partial charge on any atom is -0.463 e. The number of aliphatic hydroxyl groups is 1. The molecule has 43 heavy (non-hydrogen) atoms. The maximum absolute atomic E-state index is 14.2. The summed E-state index contributed by atoms with van der Waals surface area (Å²) in [6.45, 7) is 11.3. The van der Waals surface area contributed by atoms with Gasteiger partial charge in [-0.1, -0.05) is 6.58 Å². The summed E-state index contributed by atoms with van der Waals surface area (Å²) < 4.78 is 54.0. The van der Waals surface area contributed by atoms with Crippen LogP contribution in [0.1, 0.15) is 23.2 Å². The number of alkyl halides is 3. The quantitative estimate of drug-likeness (QED) is 0.281. The summed E-state index contributed by atoms with van der Waals surface area (Å²) in [5.74, 6) is 0.748. The Balaban J connectivity index is 1.27. The lowest BCUT2D eigenvalue weighted by molar-refractivity contribution is -0.137. The van der Waals surface area contributed by atoms with Crippen molar-refractivity contribution >= 4 is 22.4 Å². The maximum atomic E-state index is 14.2. The molecule has 14 heteroatoms. The van der Waals surface area contributed by atoms with E-state index in [9.17, 15) is 18.3 Å². The van der Waals surface area contributed by atoms with E-state index < -0.39 is 18.0 Å². The van der Waals surface area contributed by atoms with Crippen molar-refractivity contribution < 1.29 is 27.8 Å². The number of fused-ring (bicyclic) bond motifs is 2. The van der Waals surface area contributed by atoms with Gasteiger partial charge in [-0.05, 0) is 31.1 Å². The molecule has 0 saturated carbocycles. The van der Waals surface area contributed by atoms with E-state index in [4.69, 9.17) is 19.4 Å². The van der Waals surface area contributed by atoms with Crippen molar-refractivity contribution in [2.45, 2.75) is 31.8 Å². The van der Waals surface area contributed by atoms with E-state index in [2.05, 4.69) is 26.6 Å². The maximum Gasteiger partial charge on any atom is 0.418 e. The van der Waals surface area contributed by atoms with Crippen LogP contribution >= 0.6 is 0 Å². The first-order chi connectivity index (χ1) is 20.8. The monoisotopic (exact) mass is 602 g/mol. The van der Waals surface area contributed by atoms with E-state index in [0.717, 1.165) is 56.7 Å². The van der Waals surface area contributed by atoms with Crippen molar-refractivity contribution in [2.75, 3.05) is 82.0 Å². The van der Waals surface area contributed by atoms with Crippen molar-refractivity contribution in [2.24, 2.45) is 0 Å². The highest BCUT2D eigenvalue weighted by atomic mass is 19.4. The lowest BCUT2D eigenvalue weighted by atomic mass is 10.0. The number of aromatic amines is 1. The molecule has 1 unspecified atom stereocenters. The van der Waals surface area contributed by atoms with E-state index in [0.29, 0.717) is 62.3 Å². The number of morpholine rings is 1. The summed E-state index contributed by atoms with van der Waals surface area (Å²) >= 11 is 0. The largest absolute Gasteiger partial charge is 0.463 e. The first-order valence-electron chi connectivity index (χ1n) is 14.7. The third-order valence-electron chi connectivity index (χ3n) is 8.39. The number of aromatic nitrogens is 4. The molecule has 232 valence electrons. The normalized spacial score (nSPS) is 19.4. The van der Waals surface area contributed by atoms with Crippen LogP contribution in [-0.2, 0) is 23.9 Å². The van der Waals surface area contributed by atoms with Gasteiger partial charge in [-0.2, -0.15) is 28.2 Å². The first-order valence-corrected chi connectivity index (χ1v) is 14.7. The Bertz CT molecular complexity index is 1420. The molecule has 2 saturated heterocycles. The van der Waals surface area contributed by atoms with Gasteiger partial charge < -0.3 is 24.4 Å². The summed E-state index contributed by atoms with van der Waals surface area (Å²) in [7, 11) is 0. The predicted octanol–water partition coefficient (Wildman–Crippen LogP) is 2.66. The van der Waals surface area contributed by atoms with Crippen LogP contribution in [0.15, 0.2) is 31.0 Å². The zero-order chi connectivity index (χ0) is 30.0. The summed E-state index contributed by atoms with van der Waals surface area (Å²) in [5.41, 5.74) is 1.52. The third-order valence-corrected chi connectivity index (χ3v) is 8.39. The van der Waals surface area contributed by atoms with Crippen molar-refractivity contribution in [1.82, 2.24) is 30.0 Å². The molecule has 2 N–H and O–H groups in total. The predicted molar refractivity (Wildman–Crippen MR) is 155 cm³/mol. The molecule has 0 aliphatic carbocycles. The molecule has 3 aliphatic heterocycles. The second-order valence-corrected chi connectivity index (χ2v) is 11.0. The van der Waals surface area contributed by atoms with E-state index in [1.807, 2.05) is 4.90 Å². The average molecular weight is 603 g/mol. The Morgan fingerprint density at radius 3 is 2.60 bits per heavy atom. The third kappa shape index (κ3) is 6.42. The average Bonchev–Trinajstić information content (AvgIpc) is 3.51. The van der Waals surface area contributed by atoms with Crippen LogP contribution < -0.4 is 14.5 Å². The Hall–Kier alpha value is -3.46. The van der Waals surface area contributed by atoms with Gasteiger partial charge in [0.15, 0.2) is 0 Å². The Labute approximate surface area is 247 Å². The number of hydrogen-bond donors (Lipinski definition) is 2. The molecular formula is C29H37F3N8O3. The van der Waals surface area contributed by atoms with Crippen molar-refractivity contribution in [3.05, 3.63) is 47.8 Å². The number of nitrogens with zero attached hydrogens (tertiary/aromatic N) is 7. The molecule has 3 aromatic rings. The van der Waals surface area contributed by atoms with E-state index in [-0.39, 0.29) is 18.2 Å². The second kappa shape index (κ2) is 12.6. The van der Waals surface area contributed by atoms with Gasteiger partial charge in [0.25, 0.3) is 0 Å². The summed E-state index contributed by atoms with van der Waals surface area (Å²) in [6, 6.07) is 2.75. The van der Waals surface area contributed by atoms with Gasteiger partial charge >= 0.3 is 12.2 Å². The highest BCUT2D eigenvalue weighted by molar-refractivity contribution is 5.94. The fourth-order valence-electron chi connectivity index (χ4n) is 6.10. The zero-order valence-electron chi connectivity index (χ0n) is 24.0. The fourth-order valence-corrected chi connectivity index (χ4v) is 6.10. The highest BCUT2D eigenvalue weighted by Crippen LogP contribution is 2.42. The number of benzene rings is 1. The number of anilines is 2. The van der Waals surface area contributed by atoms with Gasteiger partial charge in [-0.15, -0.1) is 0 Å². The lowest BCUT2D eigenvalue weighted by Crippen LogP contribution is -2.50. The number of rotatable bonds is 9. The molecule has 1 aromatic carbocycles. The number of aliphatic hydroxyl groups excluding tert-OH is 1. The zero-order valence-corrected chi connectivity index (χ0v) is 24.0. The summed E-state index contributed by atoms with van der Waals surface area (Å²) in [6.07, 6.45) is -1.02. The Kier molecular flexibility index (Phi) is 8.71. The molecular weight excluding hydrogens is 565 g/mol. The smallest absolute Gasteiger partial charge is 0.418 e. The molecule has 1 atom stereocenters. The Morgan fingerprint density at radius 2 is 1.86 bits per heavy atom. The molecule has 0 bridgehead atoms. The van der Waals surface area contributed by atoms with Gasteiger partial charge in [-0.25, -0.2) is 0 Å². The van der Waals surface area contributed by atoms with Crippen LogP contribution in [0.2, 0.25) is 0 Å². The van der Waals surface area contributed by atoms with Crippen molar-refractivity contribution in [3.63, 3.8) is 0 Å². The molecule has 5 heterocycles. The number of H-pyrrole nitrogens is 1. The first kappa shape index (κ1) is 29.6. The molecule has 0 radical (unpaired) electrons. The summed E-state index contributed by atoms with van der Waals surface area (Å²) in [5, 5.41) is 17.4. The number of hydrogen-bond acceptors (Lipinski definition) is 10. The van der Waals surface area contributed by atoms with Crippen LogP contribution in [0.5, 0.6) is 6.01 Å². The number of halogens is 3. The van der Waals surface area contributed by atoms with E-state index >= 15 is 0 Å². The van der Waals surface area contributed by atoms with Crippen LogP contribution in [0.3, 0.4) is 0 Å². The van der Waals surface area contributed by atoms with Gasteiger partial charge in [0.1, 0.15) is 12.0 Å². The lowest BCUT2D eigenvalue weighted by Gasteiger charge is -2.39. The van der Waals surface area contributed by atoms with Gasteiger partial charge in [-0.3, -0.25) is 14.9 Å². The van der Waals surface area contributed by atoms with E-state index in [1.165, 1.54) is 18.3 Å².